The Bertz CT molecular complexity index is 974. The molecule has 1 heterocycles. The van der Waals surface area contributed by atoms with Gasteiger partial charge < -0.3 is 5.11 Å². The molecule has 24 heavy (non-hydrogen) atoms. The van der Waals surface area contributed by atoms with Crippen molar-refractivity contribution in [3.8, 4) is 11.4 Å². The quantitative estimate of drug-likeness (QED) is 0.635. The second-order valence-corrected chi connectivity index (χ2v) is 6.51. The van der Waals surface area contributed by atoms with E-state index in [1.807, 2.05) is 24.3 Å². The molecule has 0 saturated carbocycles. The Balaban J connectivity index is 2.01. The third-order valence-corrected chi connectivity index (χ3v) is 4.24. The van der Waals surface area contributed by atoms with Crippen molar-refractivity contribution in [3.05, 3.63) is 73.6 Å². The van der Waals surface area contributed by atoms with E-state index in [9.17, 15) is 9.90 Å². The average Bonchev–Trinajstić information content (AvgIpc) is 2.84. The molecule has 2 aromatic carbocycles. The highest BCUT2D eigenvalue weighted by molar-refractivity contribution is 9.10. The minimum Gasteiger partial charge on any atom is -0.506 e. The standard InChI is InChI=1S/C17H13BrClN3O2/c1-10-14(9-20-15-8-12(19)4-7-16(15)23)17(24)22(21-10)13-5-2-11(18)3-6-13/h2-9,21,23H,1H3. The van der Waals surface area contributed by atoms with Crippen LogP contribution in [0.3, 0.4) is 0 Å². The van der Waals surface area contributed by atoms with Crippen molar-refractivity contribution in [2.75, 3.05) is 0 Å². The maximum absolute atomic E-state index is 12.6. The van der Waals surface area contributed by atoms with E-state index in [-0.39, 0.29) is 11.3 Å². The molecule has 3 rings (SSSR count). The number of nitrogens with one attached hydrogen (secondary N) is 1. The van der Waals surface area contributed by atoms with Gasteiger partial charge in [0.05, 0.1) is 11.3 Å². The zero-order valence-electron chi connectivity index (χ0n) is 12.6. The van der Waals surface area contributed by atoms with Crippen LogP contribution in [0, 0.1) is 6.92 Å². The Morgan fingerprint density at radius 3 is 2.67 bits per heavy atom. The highest BCUT2D eigenvalue weighted by atomic mass is 79.9. The summed E-state index contributed by atoms with van der Waals surface area (Å²) in [6.45, 7) is 1.79. The van der Waals surface area contributed by atoms with E-state index in [1.165, 1.54) is 23.0 Å². The zero-order chi connectivity index (χ0) is 17.3. The van der Waals surface area contributed by atoms with Crippen LogP contribution in [0.1, 0.15) is 11.3 Å². The first-order valence-electron chi connectivity index (χ1n) is 7.06. The van der Waals surface area contributed by atoms with Gasteiger partial charge in [-0.2, -0.15) is 0 Å². The number of aromatic hydroxyl groups is 1. The molecule has 1 aromatic heterocycles. The lowest BCUT2D eigenvalue weighted by Crippen LogP contribution is -2.17. The monoisotopic (exact) mass is 405 g/mol. The van der Waals surface area contributed by atoms with Crippen molar-refractivity contribution in [1.29, 1.82) is 0 Å². The first kappa shape index (κ1) is 16.5. The van der Waals surface area contributed by atoms with Gasteiger partial charge in [-0.1, -0.05) is 27.5 Å². The summed E-state index contributed by atoms with van der Waals surface area (Å²) in [7, 11) is 0. The molecular weight excluding hydrogens is 394 g/mol. The van der Waals surface area contributed by atoms with Crippen molar-refractivity contribution in [2.24, 2.45) is 4.99 Å². The fraction of sp³-hybridized carbons (Fsp3) is 0.0588. The first-order chi connectivity index (χ1) is 11.5. The molecule has 2 N–H and O–H groups in total. The molecule has 0 aliphatic rings. The number of phenols is 1. The Hall–Kier alpha value is -2.31. The van der Waals surface area contributed by atoms with Gasteiger partial charge in [-0.15, -0.1) is 0 Å². The number of nitrogens with zero attached hydrogens (tertiary/aromatic N) is 2. The third kappa shape index (κ3) is 3.29. The van der Waals surface area contributed by atoms with Gasteiger partial charge in [-0.25, -0.2) is 4.68 Å². The Kier molecular flexibility index (Phi) is 4.59. The van der Waals surface area contributed by atoms with E-state index >= 15 is 0 Å². The molecular formula is C17H13BrClN3O2. The summed E-state index contributed by atoms with van der Waals surface area (Å²) in [5.74, 6) is -0.00271. The molecule has 0 saturated heterocycles. The molecule has 0 atom stereocenters. The van der Waals surface area contributed by atoms with Gasteiger partial charge in [-0.3, -0.25) is 14.9 Å². The molecule has 0 radical (unpaired) electrons. The van der Waals surface area contributed by atoms with E-state index < -0.39 is 0 Å². The van der Waals surface area contributed by atoms with Gasteiger partial charge >= 0.3 is 0 Å². The summed E-state index contributed by atoms with van der Waals surface area (Å²) in [4.78, 5) is 16.8. The Morgan fingerprint density at radius 1 is 1.25 bits per heavy atom. The maximum atomic E-state index is 12.6. The van der Waals surface area contributed by atoms with Crippen molar-refractivity contribution in [3.63, 3.8) is 0 Å². The molecule has 0 unspecified atom stereocenters. The summed E-state index contributed by atoms with van der Waals surface area (Å²) in [6.07, 6.45) is 1.43. The minimum absolute atomic E-state index is 0.00271. The smallest absolute Gasteiger partial charge is 0.280 e. The molecule has 3 aromatic rings. The van der Waals surface area contributed by atoms with Crippen molar-refractivity contribution in [2.45, 2.75) is 6.92 Å². The lowest BCUT2D eigenvalue weighted by atomic mass is 10.2. The largest absolute Gasteiger partial charge is 0.506 e. The summed E-state index contributed by atoms with van der Waals surface area (Å²) in [5, 5.41) is 13.3. The Morgan fingerprint density at radius 2 is 1.96 bits per heavy atom. The van der Waals surface area contributed by atoms with Crippen molar-refractivity contribution >= 4 is 39.4 Å². The van der Waals surface area contributed by atoms with Gasteiger partial charge in [0.15, 0.2) is 0 Å². The van der Waals surface area contributed by atoms with Crippen molar-refractivity contribution in [1.82, 2.24) is 9.78 Å². The minimum atomic E-state index is -0.222. The number of aliphatic imine (C=N–C) groups is 1. The summed E-state index contributed by atoms with van der Waals surface area (Å²) < 4.78 is 2.38. The second-order valence-electron chi connectivity index (χ2n) is 5.16. The molecule has 7 heteroatoms. The number of halogens is 2. The van der Waals surface area contributed by atoms with E-state index in [4.69, 9.17) is 11.6 Å². The molecule has 5 nitrogen and oxygen atoms in total. The molecule has 0 fully saturated rings. The lowest BCUT2D eigenvalue weighted by Gasteiger charge is -2.00. The van der Waals surface area contributed by atoms with E-state index in [0.29, 0.717) is 22.0 Å². The number of hydrogen-bond donors (Lipinski definition) is 2. The first-order valence-corrected chi connectivity index (χ1v) is 8.23. The van der Waals surface area contributed by atoms with E-state index in [0.717, 1.165) is 10.2 Å². The summed E-state index contributed by atoms with van der Waals surface area (Å²) in [5.41, 5.74) is 1.89. The van der Waals surface area contributed by atoms with Gasteiger partial charge in [0.2, 0.25) is 0 Å². The SMILES string of the molecule is Cc1[nH]n(-c2ccc(Br)cc2)c(=O)c1C=Nc1cc(Cl)ccc1O. The summed E-state index contributed by atoms with van der Waals surface area (Å²) >= 11 is 9.26. The molecule has 0 bridgehead atoms. The second kappa shape index (κ2) is 6.67. The van der Waals surface area contributed by atoms with Gasteiger partial charge in [-0.05, 0) is 49.4 Å². The number of H-pyrrole nitrogens is 1. The van der Waals surface area contributed by atoms with Gasteiger partial charge in [0, 0.05) is 21.4 Å². The summed E-state index contributed by atoms with van der Waals surface area (Å²) in [6, 6.07) is 11.9. The van der Waals surface area contributed by atoms with E-state index in [1.54, 1.807) is 13.0 Å². The fourth-order valence-electron chi connectivity index (χ4n) is 2.22. The van der Waals surface area contributed by atoms with Crippen LogP contribution in [0.25, 0.3) is 5.69 Å². The molecule has 0 amide bonds. The zero-order valence-corrected chi connectivity index (χ0v) is 15.0. The van der Waals surface area contributed by atoms with Crippen LogP contribution >= 0.6 is 27.5 Å². The van der Waals surface area contributed by atoms with Crippen LogP contribution in [0.15, 0.2) is 56.7 Å². The van der Waals surface area contributed by atoms with Crippen LogP contribution in [0.5, 0.6) is 5.75 Å². The highest BCUT2D eigenvalue weighted by Crippen LogP contribution is 2.29. The molecule has 122 valence electrons. The van der Waals surface area contributed by atoms with Crippen LogP contribution in [0.4, 0.5) is 5.69 Å². The van der Waals surface area contributed by atoms with Crippen molar-refractivity contribution < 1.29 is 5.11 Å². The Labute approximate surface area is 151 Å². The number of hydrogen-bond acceptors (Lipinski definition) is 3. The average molecular weight is 407 g/mol. The van der Waals surface area contributed by atoms with Crippen LogP contribution in [-0.4, -0.2) is 21.1 Å². The van der Waals surface area contributed by atoms with Gasteiger partial charge in [0.25, 0.3) is 5.56 Å². The number of aromatic amines is 1. The number of rotatable bonds is 3. The van der Waals surface area contributed by atoms with Crippen LogP contribution in [-0.2, 0) is 0 Å². The number of phenolic OH excluding ortho intramolecular Hbond substituents is 1. The molecule has 0 spiro atoms. The third-order valence-electron chi connectivity index (χ3n) is 3.47. The lowest BCUT2D eigenvalue weighted by molar-refractivity contribution is 0.477. The molecule has 0 aliphatic heterocycles. The predicted molar refractivity (Wildman–Crippen MR) is 99.2 cm³/mol. The number of aromatic nitrogens is 2. The number of aryl methyl sites for hydroxylation is 1. The molecule has 0 aliphatic carbocycles. The highest BCUT2D eigenvalue weighted by Gasteiger charge is 2.11. The maximum Gasteiger partial charge on any atom is 0.280 e. The van der Waals surface area contributed by atoms with E-state index in [2.05, 4.69) is 26.0 Å². The number of benzene rings is 2. The predicted octanol–water partition coefficient (Wildman–Crippen LogP) is 4.35. The fourth-order valence-corrected chi connectivity index (χ4v) is 2.65. The topological polar surface area (TPSA) is 70.4 Å². The van der Waals surface area contributed by atoms with Gasteiger partial charge in [0.1, 0.15) is 11.4 Å². The normalized spacial score (nSPS) is 11.3. The van der Waals surface area contributed by atoms with Crippen LogP contribution < -0.4 is 5.56 Å². The van der Waals surface area contributed by atoms with Crippen LogP contribution in [0.2, 0.25) is 5.02 Å².